The molecule has 2 fully saturated rings. The van der Waals surface area contributed by atoms with Gasteiger partial charge >= 0.3 is 6.03 Å². The third kappa shape index (κ3) is 3.68. The van der Waals surface area contributed by atoms with Gasteiger partial charge in [0.25, 0.3) is 0 Å². The van der Waals surface area contributed by atoms with Crippen molar-refractivity contribution in [2.75, 3.05) is 40.4 Å². The summed E-state index contributed by atoms with van der Waals surface area (Å²) in [4.78, 5) is 29.2. The van der Waals surface area contributed by atoms with E-state index in [0.29, 0.717) is 37.7 Å². The fourth-order valence-electron chi connectivity index (χ4n) is 4.27. The van der Waals surface area contributed by atoms with Gasteiger partial charge in [-0.3, -0.25) is 4.79 Å². The van der Waals surface area contributed by atoms with Gasteiger partial charge in [-0.25, -0.2) is 4.79 Å². The number of carbonyl (C=O) groups excluding carboxylic acids is 2. The highest BCUT2D eigenvalue weighted by Gasteiger charge is 2.49. The molecular formula is C20H29N3O4. The topological polar surface area (TPSA) is 71.1 Å². The normalized spacial score (nSPS) is 22.3. The molecule has 2 saturated heterocycles. The number of piperidine rings is 1. The zero-order valence-corrected chi connectivity index (χ0v) is 16.4. The highest BCUT2D eigenvalue weighted by molar-refractivity contribution is 5.86. The van der Waals surface area contributed by atoms with Gasteiger partial charge in [0, 0.05) is 38.3 Å². The van der Waals surface area contributed by atoms with Crippen LogP contribution in [0.4, 0.5) is 4.79 Å². The molecule has 27 heavy (non-hydrogen) atoms. The van der Waals surface area contributed by atoms with Crippen LogP contribution in [-0.4, -0.2) is 62.1 Å². The molecule has 1 N–H and O–H groups in total. The third-order valence-electron chi connectivity index (χ3n) is 5.64. The summed E-state index contributed by atoms with van der Waals surface area (Å²) in [5, 5.41) is 2.83. The highest BCUT2D eigenvalue weighted by atomic mass is 16.5. The van der Waals surface area contributed by atoms with Gasteiger partial charge in [0.2, 0.25) is 5.91 Å². The first kappa shape index (κ1) is 19.3. The van der Waals surface area contributed by atoms with Gasteiger partial charge in [0.1, 0.15) is 0 Å². The minimum absolute atomic E-state index is 0.0752. The van der Waals surface area contributed by atoms with Crippen molar-refractivity contribution >= 4 is 11.9 Å². The first-order chi connectivity index (χ1) is 13.0. The Hall–Kier alpha value is -2.44. The smallest absolute Gasteiger partial charge is 0.317 e. The number of urea groups is 1. The van der Waals surface area contributed by atoms with Crippen molar-refractivity contribution in [2.45, 2.75) is 32.7 Å². The first-order valence-corrected chi connectivity index (χ1v) is 9.56. The predicted molar refractivity (Wildman–Crippen MR) is 102 cm³/mol. The van der Waals surface area contributed by atoms with Crippen LogP contribution in [0.1, 0.15) is 31.7 Å². The number of nitrogens with one attached hydrogen (secondary N) is 1. The van der Waals surface area contributed by atoms with Crippen LogP contribution in [0.5, 0.6) is 11.5 Å². The number of hydrogen-bond acceptors (Lipinski definition) is 4. The molecule has 0 saturated carbocycles. The van der Waals surface area contributed by atoms with Crippen LogP contribution in [0.3, 0.4) is 0 Å². The number of carbonyl (C=O) groups is 2. The Kier molecular flexibility index (Phi) is 5.77. The Morgan fingerprint density at radius 1 is 1.22 bits per heavy atom. The Balaban J connectivity index is 1.76. The monoisotopic (exact) mass is 375 g/mol. The van der Waals surface area contributed by atoms with E-state index >= 15 is 0 Å². The average Bonchev–Trinajstić information content (AvgIpc) is 3.10. The number of likely N-dealkylation sites (tertiary alicyclic amines) is 2. The standard InChI is InChI=1S/C20H29N3O4/c1-4-21-19(25)23-12-10-20(14-23)9-6-11-22(18(20)24)13-15-7-5-8-16(26-2)17(15)27-3/h5,7-8H,4,6,9-14H2,1-3H3,(H,21,25). The summed E-state index contributed by atoms with van der Waals surface area (Å²) in [7, 11) is 3.22. The van der Waals surface area contributed by atoms with Crippen LogP contribution in [-0.2, 0) is 11.3 Å². The van der Waals surface area contributed by atoms with Crippen molar-refractivity contribution in [3.8, 4) is 11.5 Å². The lowest BCUT2D eigenvalue weighted by atomic mass is 9.78. The van der Waals surface area contributed by atoms with Gasteiger partial charge < -0.3 is 24.6 Å². The fraction of sp³-hybridized carbons (Fsp3) is 0.600. The molecule has 148 valence electrons. The first-order valence-electron chi connectivity index (χ1n) is 9.56. The maximum atomic E-state index is 13.3. The van der Waals surface area contributed by atoms with Crippen molar-refractivity contribution in [3.05, 3.63) is 23.8 Å². The second-order valence-electron chi connectivity index (χ2n) is 7.27. The number of nitrogens with zero attached hydrogens (tertiary/aromatic N) is 2. The molecule has 2 aliphatic rings. The predicted octanol–water partition coefficient (Wildman–Crippen LogP) is 2.25. The quantitative estimate of drug-likeness (QED) is 0.857. The molecule has 2 heterocycles. The highest BCUT2D eigenvalue weighted by Crippen LogP contribution is 2.41. The number of hydrogen-bond donors (Lipinski definition) is 1. The van der Waals surface area contributed by atoms with E-state index in [0.717, 1.165) is 31.4 Å². The third-order valence-corrected chi connectivity index (χ3v) is 5.64. The zero-order valence-electron chi connectivity index (χ0n) is 16.4. The van der Waals surface area contributed by atoms with Crippen LogP contribution < -0.4 is 14.8 Å². The van der Waals surface area contributed by atoms with E-state index in [1.807, 2.05) is 30.0 Å². The summed E-state index contributed by atoms with van der Waals surface area (Å²) in [5.74, 6) is 1.48. The number of amides is 3. The summed E-state index contributed by atoms with van der Waals surface area (Å²) >= 11 is 0. The van der Waals surface area contributed by atoms with E-state index < -0.39 is 5.41 Å². The Labute approximate surface area is 160 Å². The summed E-state index contributed by atoms with van der Waals surface area (Å²) in [5.41, 5.74) is 0.482. The molecule has 1 aromatic carbocycles. The van der Waals surface area contributed by atoms with Gasteiger partial charge in [-0.1, -0.05) is 12.1 Å². The maximum Gasteiger partial charge on any atom is 0.317 e. The van der Waals surface area contributed by atoms with Crippen LogP contribution in [0.2, 0.25) is 0 Å². The maximum absolute atomic E-state index is 13.3. The van der Waals surface area contributed by atoms with Gasteiger partial charge in [-0.05, 0) is 32.3 Å². The number of ether oxygens (including phenoxy) is 2. The largest absolute Gasteiger partial charge is 0.493 e. The number of rotatable bonds is 5. The molecule has 0 aromatic heterocycles. The van der Waals surface area contributed by atoms with Crippen molar-refractivity contribution in [1.29, 1.82) is 0 Å². The molecule has 2 aliphatic heterocycles. The second-order valence-corrected chi connectivity index (χ2v) is 7.27. The van der Waals surface area contributed by atoms with Gasteiger partial charge in [0.05, 0.1) is 19.6 Å². The second kappa shape index (κ2) is 8.06. The molecule has 0 radical (unpaired) electrons. The van der Waals surface area contributed by atoms with E-state index in [9.17, 15) is 9.59 Å². The fourth-order valence-corrected chi connectivity index (χ4v) is 4.27. The van der Waals surface area contributed by atoms with E-state index in [2.05, 4.69) is 5.32 Å². The number of methoxy groups -OCH3 is 2. The number of benzene rings is 1. The minimum Gasteiger partial charge on any atom is -0.493 e. The van der Waals surface area contributed by atoms with Crippen molar-refractivity contribution in [2.24, 2.45) is 5.41 Å². The van der Waals surface area contributed by atoms with Crippen molar-refractivity contribution < 1.29 is 19.1 Å². The SMILES string of the molecule is CCNC(=O)N1CCC2(CCCN(Cc3cccc(OC)c3OC)C2=O)C1. The van der Waals surface area contributed by atoms with E-state index in [4.69, 9.17) is 9.47 Å². The van der Waals surface area contributed by atoms with Crippen LogP contribution in [0.15, 0.2) is 18.2 Å². The molecule has 3 amide bonds. The van der Waals surface area contributed by atoms with Gasteiger partial charge in [0.15, 0.2) is 11.5 Å². The molecule has 1 aromatic rings. The molecule has 7 nitrogen and oxygen atoms in total. The minimum atomic E-state index is -0.449. The lowest BCUT2D eigenvalue weighted by Crippen LogP contribution is -2.50. The lowest BCUT2D eigenvalue weighted by molar-refractivity contribution is -0.146. The van der Waals surface area contributed by atoms with E-state index in [1.54, 1.807) is 19.1 Å². The van der Waals surface area contributed by atoms with Crippen molar-refractivity contribution in [3.63, 3.8) is 0 Å². The number of para-hydroxylation sites is 1. The molecular weight excluding hydrogens is 346 g/mol. The summed E-state index contributed by atoms with van der Waals surface area (Å²) in [6.07, 6.45) is 2.52. The molecule has 1 spiro atoms. The summed E-state index contributed by atoms with van der Waals surface area (Å²) in [6.45, 7) is 4.85. The van der Waals surface area contributed by atoms with E-state index in [-0.39, 0.29) is 11.9 Å². The molecule has 0 bridgehead atoms. The molecule has 1 unspecified atom stereocenters. The van der Waals surface area contributed by atoms with Gasteiger partial charge in [-0.15, -0.1) is 0 Å². The van der Waals surface area contributed by atoms with E-state index in [1.165, 1.54) is 0 Å². The molecule has 3 rings (SSSR count). The average molecular weight is 375 g/mol. The van der Waals surface area contributed by atoms with Crippen molar-refractivity contribution in [1.82, 2.24) is 15.1 Å². The Bertz CT molecular complexity index is 708. The summed E-state index contributed by atoms with van der Waals surface area (Å²) < 4.78 is 10.9. The van der Waals surface area contributed by atoms with Crippen LogP contribution in [0.25, 0.3) is 0 Å². The van der Waals surface area contributed by atoms with Gasteiger partial charge in [-0.2, -0.15) is 0 Å². The zero-order chi connectivity index (χ0) is 19.4. The lowest BCUT2D eigenvalue weighted by Gasteiger charge is -2.39. The van der Waals surface area contributed by atoms with Crippen LogP contribution >= 0.6 is 0 Å². The Morgan fingerprint density at radius 2 is 2.04 bits per heavy atom. The Morgan fingerprint density at radius 3 is 2.74 bits per heavy atom. The van der Waals surface area contributed by atoms with Crippen LogP contribution in [0, 0.1) is 5.41 Å². The summed E-state index contributed by atoms with van der Waals surface area (Å²) in [6, 6.07) is 5.65. The molecule has 0 aliphatic carbocycles. The molecule has 7 heteroatoms. The molecule has 1 atom stereocenters.